The molecule has 1 aromatic carbocycles. The highest BCUT2D eigenvalue weighted by molar-refractivity contribution is 9.12. The first kappa shape index (κ1) is 12.6. The van der Waals surface area contributed by atoms with Crippen molar-refractivity contribution in [2.24, 2.45) is 0 Å². The van der Waals surface area contributed by atoms with Crippen molar-refractivity contribution in [3.63, 3.8) is 0 Å². The van der Waals surface area contributed by atoms with E-state index in [1.54, 1.807) is 12.1 Å². The fourth-order valence-electron chi connectivity index (χ4n) is 0.920. The van der Waals surface area contributed by atoms with Crippen LogP contribution < -0.4 is 5.32 Å². The molecule has 1 rings (SSSR count). The molecule has 0 fully saturated rings. The molecule has 1 unspecified atom stereocenters. The lowest BCUT2D eigenvalue weighted by Gasteiger charge is -2.14. The minimum absolute atomic E-state index is 0.0995. The number of aryl methyl sites for hydroxylation is 1. The average molecular weight is 339 g/mol. The molecule has 5 heteroatoms. The monoisotopic (exact) mass is 337 g/mol. The number of halogens is 3. The molecular formula is C10H10Br2FNO. The summed E-state index contributed by atoms with van der Waals surface area (Å²) in [6.45, 7) is 1.94. The predicted molar refractivity (Wildman–Crippen MR) is 66.4 cm³/mol. The van der Waals surface area contributed by atoms with E-state index in [1.807, 2.05) is 19.1 Å². The molecule has 1 aromatic rings. The van der Waals surface area contributed by atoms with Gasteiger partial charge in [-0.2, -0.15) is 0 Å². The Kier molecular flexibility index (Phi) is 4.28. The van der Waals surface area contributed by atoms with Gasteiger partial charge in [0.25, 0.3) is 10.5 Å². The van der Waals surface area contributed by atoms with Crippen LogP contribution in [0.25, 0.3) is 0 Å². The van der Waals surface area contributed by atoms with E-state index in [1.165, 1.54) is 0 Å². The normalized spacial score (nSPS) is 14.4. The molecule has 15 heavy (non-hydrogen) atoms. The molecule has 0 aromatic heterocycles. The number of carbonyl (C=O) groups excluding carboxylic acids is 1. The first-order valence-electron chi connectivity index (χ1n) is 4.27. The minimum atomic E-state index is -2.07. The largest absolute Gasteiger partial charge is 0.322 e. The van der Waals surface area contributed by atoms with Gasteiger partial charge in [0.05, 0.1) is 5.33 Å². The first-order valence-corrected chi connectivity index (χ1v) is 6.19. The zero-order valence-corrected chi connectivity index (χ0v) is 11.2. The van der Waals surface area contributed by atoms with Crippen LogP contribution in [0.3, 0.4) is 0 Å². The van der Waals surface area contributed by atoms with E-state index in [4.69, 9.17) is 0 Å². The highest BCUT2D eigenvalue weighted by atomic mass is 79.9. The molecule has 0 aliphatic heterocycles. The Morgan fingerprint density at radius 3 is 2.47 bits per heavy atom. The van der Waals surface area contributed by atoms with Gasteiger partial charge in [-0.1, -0.05) is 33.6 Å². The van der Waals surface area contributed by atoms with Crippen molar-refractivity contribution in [1.82, 2.24) is 0 Å². The summed E-state index contributed by atoms with van der Waals surface area (Å²) in [5.41, 5.74) is 1.66. The van der Waals surface area contributed by atoms with Gasteiger partial charge in [0.1, 0.15) is 0 Å². The van der Waals surface area contributed by atoms with E-state index >= 15 is 0 Å². The van der Waals surface area contributed by atoms with Gasteiger partial charge in [-0.05, 0) is 35.0 Å². The van der Waals surface area contributed by atoms with Gasteiger partial charge < -0.3 is 5.32 Å². The van der Waals surface area contributed by atoms with Crippen LogP contribution in [0.5, 0.6) is 0 Å². The fraction of sp³-hybridized carbons (Fsp3) is 0.300. The zero-order chi connectivity index (χ0) is 11.5. The number of benzene rings is 1. The molecule has 0 heterocycles. The van der Waals surface area contributed by atoms with Crippen molar-refractivity contribution in [3.05, 3.63) is 29.8 Å². The summed E-state index contributed by atoms with van der Waals surface area (Å²) < 4.78 is 11.4. The van der Waals surface area contributed by atoms with Crippen LogP contribution in [-0.2, 0) is 4.79 Å². The first-order chi connectivity index (χ1) is 6.95. The maximum absolute atomic E-state index is 13.4. The van der Waals surface area contributed by atoms with Crippen LogP contribution in [0.15, 0.2) is 24.3 Å². The van der Waals surface area contributed by atoms with Gasteiger partial charge in [0, 0.05) is 5.69 Å². The fourth-order valence-corrected chi connectivity index (χ4v) is 1.27. The lowest BCUT2D eigenvalue weighted by atomic mass is 10.2. The van der Waals surface area contributed by atoms with E-state index in [2.05, 4.69) is 37.2 Å². The molecule has 0 aliphatic carbocycles. The molecule has 0 saturated heterocycles. The Morgan fingerprint density at radius 2 is 2.00 bits per heavy atom. The predicted octanol–water partition coefficient (Wildman–Crippen LogP) is 3.39. The number of hydrogen-bond donors (Lipinski definition) is 1. The molecule has 1 N–H and O–H groups in total. The van der Waals surface area contributed by atoms with Crippen molar-refractivity contribution >= 4 is 43.5 Å². The standard InChI is InChI=1S/C10H10Br2FNO/c1-7-2-4-8(5-3-7)14-9(15)10(12,13)6-11/h2-5H,6H2,1H3,(H,14,15). The summed E-state index contributed by atoms with van der Waals surface area (Å²) in [7, 11) is 0. The maximum atomic E-state index is 13.4. The Hall–Kier alpha value is -0.420. The number of amides is 1. The van der Waals surface area contributed by atoms with Crippen molar-refractivity contribution in [1.29, 1.82) is 0 Å². The summed E-state index contributed by atoms with van der Waals surface area (Å²) >= 11 is 5.61. The van der Waals surface area contributed by atoms with Gasteiger partial charge >= 0.3 is 0 Å². The van der Waals surface area contributed by atoms with Gasteiger partial charge in [-0.25, -0.2) is 4.39 Å². The third kappa shape index (κ3) is 3.57. The van der Waals surface area contributed by atoms with Crippen LogP contribution in [0.4, 0.5) is 10.1 Å². The second-order valence-corrected chi connectivity index (χ2v) is 4.98. The second kappa shape index (κ2) is 5.07. The Morgan fingerprint density at radius 1 is 1.47 bits per heavy atom. The van der Waals surface area contributed by atoms with Crippen molar-refractivity contribution in [2.45, 2.75) is 11.5 Å². The summed E-state index contributed by atoms with van der Waals surface area (Å²) in [6.07, 6.45) is 0. The van der Waals surface area contributed by atoms with Crippen LogP contribution >= 0.6 is 31.9 Å². The molecule has 1 amide bonds. The van der Waals surface area contributed by atoms with Gasteiger partial charge in [0.15, 0.2) is 0 Å². The zero-order valence-electron chi connectivity index (χ0n) is 8.06. The van der Waals surface area contributed by atoms with Crippen LogP contribution in [0.2, 0.25) is 0 Å². The van der Waals surface area contributed by atoms with Crippen LogP contribution in [-0.4, -0.2) is 15.8 Å². The van der Waals surface area contributed by atoms with E-state index in [9.17, 15) is 9.18 Å². The summed E-state index contributed by atoms with van der Waals surface area (Å²) in [6, 6.07) is 7.14. The van der Waals surface area contributed by atoms with Crippen molar-refractivity contribution in [3.8, 4) is 0 Å². The van der Waals surface area contributed by atoms with Crippen LogP contribution in [0, 0.1) is 6.92 Å². The number of anilines is 1. The number of nitrogens with one attached hydrogen (secondary N) is 1. The van der Waals surface area contributed by atoms with Gasteiger partial charge in [0.2, 0.25) is 0 Å². The summed E-state index contributed by atoms with van der Waals surface area (Å²) in [5.74, 6) is -0.719. The van der Waals surface area contributed by atoms with Gasteiger partial charge in [-0.3, -0.25) is 4.79 Å². The minimum Gasteiger partial charge on any atom is -0.322 e. The highest BCUT2D eigenvalue weighted by Gasteiger charge is 2.34. The third-order valence-electron chi connectivity index (χ3n) is 1.81. The topological polar surface area (TPSA) is 29.1 Å². The molecule has 2 nitrogen and oxygen atoms in total. The molecule has 1 atom stereocenters. The van der Waals surface area contributed by atoms with Gasteiger partial charge in [-0.15, -0.1) is 0 Å². The van der Waals surface area contributed by atoms with Crippen molar-refractivity contribution < 1.29 is 9.18 Å². The third-order valence-corrected chi connectivity index (χ3v) is 3.98. The van der Waals surface area contributed by atoms with Crippen LogP contribution in [0.1, 0.15) is 5.56 Å². The quantitative estimate of drug-likeness (QED) is 0.841. The molecule has 0 spiro atoms. The summed E-state index contributed by atoms with van der Waals surface area (Å²) in [5, 5.41) is 2.37. The number of carbonyl (C=O) groups is 1. The van der Waals surface area contributed by atoms with Crippen molar-refractivity contribution in [2.75, 3.05) is 10.6 Å². The van der Waals surface area contributed by atoms with E-state index in [0.29, 0.717) is 5.69 Å². The SMILES string of the molecule is Cc1ccc(NC(=O)C(F)(Br)CBr)cc1. The number of hydrogen-bond acceptors (Lipinski definition) is 1. The van der Waals surface area contributed by atoms with E-state index in [0.717, 1.165) is 5.56 Å². The lowest BCUT2D eigenvalue weighted by Crippen LogP contribution is -2.34. The van der Waals surface area contributed by atoms with E-state index < -0.39 is 10.5 Å². The molecule has 82 valence electrons. The second-order valence-electron chi connectivity index (χ2n) is 3.16. The molecule has 0 saturated carbocycles. The summed E-state index contributed by atoms with van der Waals surface area (Å²) in [4.78, 5) is 11.4. The van der Waals surface area contributed by atoms with E-state index in [-0.39, 0.29) is 5.33 Å². The number of alkyl halides is 3. The molecule has 0 aliphatic rings. The Labute approximate surface area is 105 Å². The average Bonchev–Trinajstić information content (AvgIpc) is 2.21. The maximum Gasteiger partial charge on any atom is 0.274 e. The Balaban J connectivity index is 2.71. The highest BCUT2D eigenvalue weighted by Crippen LogP contribution is 2.24. The smallest absolute Gasteiger partial charge is 0.274 e. The molecule has 0 radical (unpaired) electrons. The molecular weight excluding hydrogens is 329 g/mol. The lowest BCUT2D eigenvalue weighted by molar-refractivity contribution is -0.121. The molecule has 0 bridgehead atoms. The Bertz CT molecular complexity index is 351. The number of rotatable bonds is 3.